The highest BCUT2D eigenvalue weighted by Gasteiger charge is 2.21. The Labute approximate surface area is 101 Å². The Hall–Kier alpha value is -1.52. The number of carboxylic acids is 1. The fourth-order valence-corrected chi connectivity index (χ4v) is 1.43. The lowest BCUT2D eigenvalue weighted by Crippen LogP contribution is -2.26. The second-order valence-corrected chi connectivity index (χ2v) is 4.25. The van der Waals surface area contributed by atoms with Crippen molar-refractivity contribution in [2.45, 2.75) is 32.6 Å². The predicted octanol–water partition coefficient (Wildman–Crippen LogP) is 1.93. The molecular formula is C12H19NO4. The molecule has 0 heterocycles. The van der Waals surface area contributed by atoms with Crippen LogP contribution in [0.2, 0.25) is 0 Å². The van der Waals surface area contributed by atoms with E-state index in [1.165, 1.54) is 5.57 Å². The molecule has 1 aliphatic rings. The zero-order chi connectivity index (χ0) is 12.7. The van der Waals surface area contributed by atoms with Gasteiger partial charge in [-0.05, 0) is 19.8 Å². The van der Waals surface area contributed by atoms with Crippen molar-refractivity contribution in [2.75, 3.05) is 13.2 Å². The minimum Gasteiger partial charge on any atom is -0.481 e. The Morgan fingerprint density at radius 3 is 2.71 bits per heavy atom. The van der Waals surface area contributed by atoms with Crippen LogP contribution in [0.25, 0.3) is 0 Å². The molecule has 0 saturated heterocycles. The molecule has 5 heteroatoms. The van der Waals surface area contributed by atoms with Crippen LogP contribution in [0.15, 0.2) is 11.6 Å². The SMILES string of the molecule is CC1=CC1COC(=O)NCCCCCC(=O)O. The van der Waals surface area contributed by atoms with Gasteiger partial charge in [0.25, 0.3) is 0 Å². The maximum Gasteiger partial charge on any atom is 0.407 e. The molecule has 0 bridgehead atoms. The molecule has 5 nitrogen and oxygen atoms in total. The minimum atomic E-state index is -0.773. The van der Waals surface area contributed by atoms with Gasteiger partial charge in [0.1, 0.15) is 6.61 Å². The first-order valence-corrected chi connectivity index (χ1v) is 5.90. The van der Waals surface area contributed by atoms with Gasteiger partial charge in [0.2, 0.25) is 0 Å². The minimum absolute atomic E-state index is 0.192. The van der Waals surface area contributed by atoms with E-state index < -0.39 is 12.1 Å². The highest BCUT2D eigenvalue weighted by Crippen LogP contribution is 2.27. The maximum absolute atomic E-state index is 11.2. The van der Waals surface area contributed by atoms with E-state index in [1.54, 1.807) is 0 Å². The van der Waals surface area contributed by atoms with E-state index in [4.69, 9.17) is 9.84 Å². The molecule has 0 aromatic carbocycles. The van der Waals surface area contributed by atoms with Crippen molar-refractivity contribution in [3.63, 3.8) is 0 Å². The first-order valence-electron chi connectivity index (χ1n) is 5.90. The van der Waals surface area contributed by atoms with Crippen LogP contribution in [0.1, 0.15) is 32.6 Å². The Kier molecular flexibility index (Phi) is 5.52. The Balaban J connectivity index is 1.85. The summed E-state index contributed by atoms with van der Waals surface area (Å²) in [7, 11) is 0. The van der Waals surface area contributed by atoms with Crippen molar-refractivity contribution in [3.8, 4) is 0 Å². The van der Waals surface area contributed by atoms with E-state index in [-0.39, 0.29) is 6.42 Å². The summed E-state index contributed by atoms with van der Waals surface area (Å²) in [6, 6.07) is 0. The summed E-state index contributed by atoms with van der Waals surface area (Å²) < 4.78 is 4.98. The predicted molar refractivity (Wildman–Crippen MR) is 62.7 cm³/mol. The van der Waals surface area contributed by atoms with Gasteiger partial charge in [0.05, 0.1) is 0 Å². The molecule has 0 spiro atoms. The van der Waals surface area contributed by atoms with E-state index in [9.17, 15) is 9.59 Å². The first kappa shape index (κ1) is 13.5. The number of aliphatic carboxylic acids is 1. The number of nitrogens with one attached hydrogen (secondary N) is 1. The number of carboxylic acid groups (broad SMARTS) is 1. The van der Waals surface area contributed by atoms with Crippen LogP contribution in [0.3, 0.4) is 0 Å². The number of ether oxygens (including phenoxy) is 1. The number of unbranched alkanes of at least 4 members (excludes halogenated alkanes) is 2. The molecule has 17 heavy (non-hydrogen) atoms. The molecule has 96 valence electrons. The highest BCUT2D eigenvalue weighted by molar-refractivity contribution is 5.67. The zero-order valence-corrected chi connectivity index (χ0v) is 10.1. The van der Waals surface area contributed by atoms with Crippen LogP contribution < -0.4 is 5.32 Å². The molecule has 0 radical (unpaired) electrons. The Morgan fingerprint density at radius 1 is 1.41 bits per heavy atom. The number of alkyl carbamates (subject to hydrolysis) is 1. The fourth-order valence-electron chi connectivity index (χ4n) is 1.43. The molecule has 1 amide bonds. The van der Waals surface area contributed by atoms with E-state index in [0.717, 1.165) is 12.8 Å². The molecule has 0 aliphatic heterocycles. The maximum atomic E-state index is 11.2. The third-order valence-corrected chi connectivity index (χ3v) is 2.67. The third-order valence-electron chi connectivity index (χ3n) is 2.67. The van der Waals surface area contributed by atoms with Gasteiger partial charge in [-0.15, -0.1) is 0 Å². The Bertz CT molecular complexity index is 312. The molecule has 0 fully saturated rings. The van der Waals surface area contributed by atoms with Crippen LogP contribution in [0.5, 0.6) is 0 Å². The van der Waals surface area contributed by atoms with E-state index in [1.807, 2.05) is 6.92 Å². The van der Waals surface area contributed by atoms with Gasteiger partial charge in [-0.25, -0.2) is 4.79 Å². The monoisotopic (exact) mass is 241 g/mol. The van der Waals surface area contributed by atoms with Crippen molar-refractivity contribution in [1.82, 2.24) is 5.32 Å². The summed E-state index contributed by atoms with van der Waals surface area (Å²) in [6.07, 6.45) is 4.09. The quantitative estimate of drug-likeness (QED) is 0.503. The van der Waals surface area contributed by atoms with Crippen molar-refractivity contribution in [2.24, 2.45) is 5.92 Å². The average molecular weight is 241 g/mol. The number of hydrogen-bond donors (Lipinski definition) is 2. The van der Waals surface area contributed by atoms with Crippen LogP contribution in [-0.2, 0) is 9.53 Å². The molecule has 0 aromatic rings. The van der Waals surface area contributed by atoms with Gasteiger partial charge in [0, 0.05) is 18.9 Å². The normalized spacial score (nSPS) is 17.2. The van der Waals surface area contributed by atoms with E-state index >= 15 is 0 Å². The van der Waals surface area contributed by atoms with Crippen LogP contribution >= 0.6 is 0 Å². The molecule has 1 rings (SSSR count). The number of rotatable bonds is 8. The summed E-state index contributed by atoms with van der Waals surface area (Å²) in [6.45, 7) is 2.97. The summed E-state index contributed by atoms with van der Waals surface area (Å²) in [5, 5.41) is 11.0. The summed E-state index contributed by atoms with van der Waals surface area (Å²) in [5.74, 6) is -0.430. The average Bonchev–Trinajstić information content (AvgIpc) is 2.96. The smallest absolute Gasteiger partial charge is 0.407 e. The van der Waals surface area contributed by atoms with Crippen molar-refractivity contribution >= 4 is 12.1 Å². The summed E-state index contributed by atoms with van der Waals surface area (Å²) in [4.78, 5) is 21.4. The van der Waals surface area contributed by atoms with Crippen LogP contribution in [0, 0.1) is 5.92 Å². The molecule has 2 N–H and O–H groups in total. The second-order valence-electron chi connectivity index (χ2n) is 4.25. The highest BCUT2D eigenvalue weighted by atomic mass is 16.5. The number of amides is 1. The number of carbonyl (C=O) groups excluding carboxylic acids is 1. The lowest BCUT2D eigenvalue weighted by molar-refractivity contribution is -0.137. The van der Waals surface area contributed by atoms with Gasteiger partial charge in [-0.1, -0.05) is 18.1 Å². The van der Waals surface area contributed by atoms with E-state index in [0.29, 0.717) is 25.5 Å². The fraction of sp³-hybridized carbons (Fsp3) is 0.667. The van der Waals surface area contributed by atoms with Crippen molar-refractivity contribution in [3.05, 3.63) is 11.6 Å². The van der Waals surface area contributed by atoms with E-state index in [2.05, 4.69) is 11.4 Å². The first-order chi connectivity index (χ1) is 8.09. The second kappa shape index (κ2) is 6.93. The number of hydrogen-bond acceptors (Lipinski definition) is 3. The topological polar surface area (TPSA) is 75.6 Å². The molecular weight excluding hydrogens is 222 g/mol. The molecule has 0 aromatic heterocycles. The zero-order valence-electron chi connectivity index (χ0n) is 10.1. The lowest BCUT2D eigenvalue weighted by Gasteiger charge is -2.06. The molecule has 1 aliphatic carbocycles. The molecule has 0 saturated carbocycles. The Morgan fingerprint density at radius 2 is 2.12 bits per heavy atom. The van der Waals surface area contributed by atoms with Gasteiger partial charge in [-0.3, -0.25) is 4.79 Å². The largest absolute Gasteiger partial charge is 0.481 e. The third kappa shape index (κ3) is 6.60. The summed E-state index contributed by atoms with van der Waals surface area (Å²) in [5.41, 5.74) is 1.27. The van der Waals surface area contributed by atoms with Gasteiger partial charge in [-0.2, -0.15) is 0 Å². The van der Waals surface area contributed by atoms with Gasteiger partial charge >= 0.3 is 12.1 Å². The molecule has 1 unspecified atom stereocenters. The van der Waals surface area contributed by atoms with Gasteiger partial charge in [0.15, 0.2) is 0 Å². The summed E-state index contributed by atoms with van der Waals surface area (Å²) >= 11 is 0. The van der Waals surface area contributed by atoms with Crippen LogP contribution in [0.4, 0.5) is 4.79 Å². The molecule has 1 atom stereocenters. The lowest BCUT2D eigenvalue weighted by atomic mass is 10.2. The van der Waals surface area contributed by atoms with Crippen molar-refractivity contribution < 1.29 is 19.4 Å². The standard InChI is InChI=1S/C12H19NO4/c1-9-7-10(9)8-17-12(16)13-6-4-2-3-5-11(14)15/h7,10H,2-6,8H2,1H3,(H,13,16)(H,14,15). The van der Waals surface area contributed by atoms with Gasteiger partial charge < -0.3 is 15.2 Å². The van der Waals surface area contributed by atoms with Crippen LogP contribution in [-0.4, -0.2) is 30.3 Å². The number of carbonyl (C=O) groups is 2. The van der Waals surface area contributed by atoms with Crippen molar-refractivity contribution in [1.29, 1.82) is 0 Å².